The molecule has 1 saturated heterocycles. The van der Waals surface area contributed by atoms with Crippen molar-refractivity contribution in [2.75, 3.05) is 38.5 Å². The Kier molecular flexibility index (Phi) is 5.47. The number of hydrogen-bond donors (Lipinski definition) is 1. The van der Waals surface area contributed by atoms with Crippen LogP contribution in [0.5, 0.6) is 0 Å². The van der Waals surface area contributed by atoms with Gasteiger partial charge < -0.3 is 5.32 Å². The zero-order valence-electron chi connectivity index (χ0n) is 13.6. The smallest absolute Gasteiger partial charge is 0.126 e. The zero-order valence-corrected chi connectivity index (χ0v) is 14.4. The largest absolute Gasteiger partial charge is 0.370 e. The molecule has 2 heterocycles. The second-order valence-corrected chi connectivity index (χ2v) is 6.90. The van der Waals surface area contributed by atoms with Crippen LogP contribution in [0.3, 0.4) is 0 Å². The van der Waals surface area contributed by atoms with Gasteiger partial charge in [0.05, 0.1) is 10.7 Å². The Morgan fingerprint density at radius 2 is 2.10 bits per heavy atom. The molecule has 1 aromatic rings. The molecule has 5 heteroatoms. The molecule has 1 fully saturated rings. The molecule has 1 aliphatic heterocycles. The Hall–Kier alpha value is -0.840. The Morgan fingerprint density at radius 3 is 2.76 bits per heavy atom. The summed E-state index contributed by atoms with van der Waals surface area (Å²) in [6.07, 6.45) is 1.09. The van der Waals surface area contributed by atoms with Gasteiger partial charge in [0.2, 0.25) is 0 Å². The van der Waals surface area contributed by atoms with Crippen LogP contribution in [-0.2, 0) is 6.54 Å². The average Bonchev–Trinajstić information content (AvgIpc) is 2.43. The number of anilines is 1. The first-order valence-electron chi connectivity index (χ1n) is 7.75. The number of nitrogens with zero attached hydrogens (tertiary/aromatic N) is 3. The van der Waals surface area contributed by atoms with Gasteiger partial charge in [0.15, 0.2) is 0 Å². The molecule has 4 nitrogen and oxygen atoms in total. The van der Waals surface area contributed by atoms with E-state index in [-0.39, 0.29) is 5.54 Å². The molecule has 118 valence electrons. The SMILES string of the molecule is CCCNc1ccc(Cl)c(CN2CCN(C)C(C)(C)C2)n1. The first-order valence-corrected chi connectivity index (χ1v) is 8.13. The highest BCUT2D eigenvalue weighted by molar-refractivity contribution is 6.31. The van der Waals surface area contributed by atoms with Crippen molar-refractivity contribution in [1.29, 1.82) is 0 Å². The molecule has 1 aliphatic rings. The van der Waals surface area contributed by atoms with Crippen LogP contribution in [0.2, 0.25) is 5.02 Å². The molecule has 0 aromatic carbocycles. The molecule has 0 spiro atoms. The lowest BCUT2D eigenvalue weighted by atomic mass is 9.99. The summed E-state index contributed by atoms with van der Waals surface area (Å²) in [6, 6.07) is 3.90. The van der Waals surface area contributed by atoms with Crippen LogP contribution >= 0.6 is 11.6 Å². The Balaban J connectivity index is 2.05. The van der Waals surface area contributed by atoms with E-state index in [2.05, 4.69) is 47.9 Å². The maximum Gasteiger partial charge on any atom is 0.126 e. The van der Waals surface area contributed by atoms with Crippen molar-refractivity contribution in [2.45, 2.75) is 39.3 Å². The van der Waals surface area contributed by atoms with Crippen molar-refractivity contribution in [1.82, 2.24) is 14.8 Å². The van der Waals surface area contributed by atoms with E-state index in [0.717, 1.165) is 55.7 Å². The second-order valence-electron chi connectivity index (χ2n) is 6.50. The van der Waals surface area contributed by atoms with Crippen molar-refractivity contribution in [3.63, 3.8) is 0 Å². The number of piperazine rings is 1. The first-order chi connectivity index (χ1) is 9.92. The summed E-state index contributed by atoms with van der Waals surface area (Å²) in [5.41, 5.74) is 1.17. The van der Waals surface area contributed by atoms with Crippen molar-refractivity contribution in [2.24, 2.45) is 0 Å². The van der Waals surface area contributed by atoms with E-state index in [4.69, 9.17) is 11.6 Å². The normalized spacial score (nSPS) is 19.7. The van der Waals surface area contributed by atoms with Crippen molar-refractivity contribution < 1.29 is 0 Å². The monoisotopic (exact) mass is 310 g/mol. The number of rotatable bonds is 5. The third-order valence-electron chi connectivity index (χ3n) is 4.24. The molecule has 0 radical (unpaired) electrons. The van der Waals surface area contributed by atoms with Crippen LogP contribution in [-0.4, -0.2) is 53.5 Å². The molecular formula is C16H27ClN4. The number of nitrogens with one attached hydrogen (secondary N) is 1. The van der Waals surface area contributed by atoms with Gasteiger partial charge in [-0.15, -0.1) is 0 Å². The molecule has 21 heavy (non-hydrogen) atoms. The van der Waals surface area contributed by atoms with Crippen LogP contribution in [0.25, 0.3) is 0 Å². The third kappa shape index (κ3) is 4.31. The topological polar surface area (TPSA) is 31.4 Å². The summed E-state index contributed by atoms with van der Waals surface area (Å²) in [4.78, 5) is 9.53. The predicted octanol–water partition coefficient (Wildman–Crippen LogP) is 3.08. The standard InChI is InChI=1S/C16H27ClN4/c1-5-8-18-15-7-6-13(17)14(19-15)11-21-10-9-20(4)16(2,3)12-21/h6-7H,5,8-12H2,1-4H3,(H,18,19). The van der Waals surface area contributed by atoms with Gasteiger partial charge in [-0.25, -0.2) is 4.98 Å². The summed E-state index contributed by atoms with van der Waals surface area (Å²) >= 11 is 6.32. The quantitative estimate of drug-likeness (QED) is 0.905. The number of hydrogen-bond acceptors (Lipinski definition) is 4. The lowest BCUT2D eigenvalue weighted by Crippen LogP contribution is -2.57. The van der Waals surface area contributed by atoms with E-state index in [0.29, 0.717) is 0 Å². The van der Waals surface area contributed by atoms with Crippen LogP contribution in [0.15, 0.2) is 12.1 Å². The fourth-order valence-corrected chi connectivity index (χ4v) is 2.80. The Morgan fingerprint density at radius 1 is 1.33 bits per heavy atom. The van der Waals surface area contributed by atoms with Gasteiger partial charge >= 0.3 is 0 Å². The molecule has 0 aliphatic carbocycles. The third-order valence-corrected chi connectivity index (χ3v) is 4.59. The minimum Gasteiger partial charge on any atom is -0.370 e. The molecule has 2 rings (SSSR count). The number of halogens is 1. The molecule has 1 aromatic heterocycles. The number of likely N-dealkylation sites (N-methyl/N-ethyl adjacent to an activating group) is 1. The second kappa shape index (κ2) is 6.95. The highest BCUT2D eigenvalue weighted by atomic mass is 35.5. The molecule has 0 saturated carbocycles. The maximum absolute atomic E-state index is 6.32. The molecular weight excluding hydrogens is 284 g/mol. The van der Waals surface area contributed by atoms with Crippen molar-refractivity contribution >= 4 is 17.4 Å². The zero-order chi connectivity index (χ0) is 15.5. The molecule has 0 atom stereocenters. The maximum atomic E-state index is 6.32. The summed E-state index contributed by atoms with van der Waals surface area (Å²) in [7, 11) is 2.19. The lowest BCUT2D eigenvalue weighted by Gasteiger charge is -2.45. The van der Waals surface area contributed by atoms with Gasteiger partial charge in [-0.3, -0.25) is 9.80 Å². The van der Waals surface area contributed by atoms with Gasteiger partial charge in [0, 0.05) is 38.3 Å². The summed E-state index contributed by atoms with van der Waals surface area (Å²) in [5.74, 6) is 0.921. The average molecular weight is 311 g/mol. The summed E-state index contributed by atoms with van der Waals surface area (Å²) < 4.78 is 0. The van der Waals surface area contributed by atoms with Gasteiger partial charge in [-0.05, 0) is 39.4 Å². The molecule has 1 N–H and O–H groups in total. The van der Waals surface area contributed by atoms with Crippen LogP contribution in [0.1, 0.15) is 32.9 Å². The van der Waals surface area contributed by atoms with Crippen LogP contribution in [0.4, 0.5) is 5.82 Å². The first kappa shape index (κ1) is 16.5. The van der Waals surface area contributed by atoms with Crippen molar-refractivity contribution in [3.8, 4) is 0 Å². The van der Waals surface area contributed by atoms with E-state index < -0.39 is 0 Å². The van der Waals surface area contributed by atoms with E-state index >= 15 is 0 Å². The minimum atomic E-state index is 0.197. The number of aromatic nitrogens is 1. The van der Waals surface area contributed by atoms with E-state index in [9.17, 15) is 0 Å². The lowest BCUT2D eigenvalue weighted by molar-refractivity contribution is 0.0354. The van der Waals surface area contributed by atoms with Gasteiger partial charge in [0.1, 0.15) is 5.82 Å². The number of pyridine rings is 1. The van der Waals surface area contributed by atoms with Gasteiger partial charge in [-0.2, -0.15) is 0 Å². The van der Waals surface area contributed by atoms with E-state index in [1.165, 1.54) is 0 Å². The predicted molar refractivity (Wildman–Crippen MR) is 90.0 cm³/mol. The van der Waals surface area contributed by atoms with Crippen LogP contribution < -0.4 is 5.32 Å². The van der Waals surface area contributed by atoms with E-state index in [1.807, 2.05) is 12.1 Å². The van der Waals surface area contributed by atoms with Gasteiger partial charge in [-0.1, -0.05) is 18.5 Å². The fraction of sp³-hybridized carbons (Fsp3) is 0.688. The minimum absolute atomic E-state index is 0.197. The van der Waals surface area contributed by atoms with E-state index in [1.54, 1.807) is 0 Å². The fourth-order valence-electron chi connectivity index (χ4n) is 2.63. The highest BCUT2D eigenvalue weighted by Gasteiger charge is 2.31. The molecule has 0 unspecified atom stereocenters. The van der Waals surface area contributed by atoms with Gasteiger partial charge in [0.25, 0.3) is 0 Å². The van der Waals surface area contributed by atoms with Crippen molar-refractivity contribution in [3.05, 3.63) is 22.8 Å². The summed E-state index contributed by atoms with van der Waals surface area (Å²) in [5, 5.41) is 4.08. The highest BCUT2D eigenvalue weighted by Crippen LogP contribution is 2.23. The summed E-state index contributed by atoms with van der Waals surface area (Å²) in [6.45, 7) is 11.7. The van der Waals surface area contributed by atoms with Crippen LogP contribution in [0, 0.1) is 0 Å². The molecule has 0 amide bonds. The Bertz CT molecular complexity index is 475. The molecule has 0 bridgehead atoms. The Labute approximate surface area is 133 Å².